The van der Waals surface area contributed by atoms with E-state index in [2.05, 4.69) is 10.6 Å². The molecule has 3 aromatic carbocycles. The number of hydrogen-bond donors (Lipinski definition) is 2. The summed E-state index contributed by atoms with van der Waals surface area (Å²) in [5.74, 6) is -0.558. The van der Waals surface area contributed by atoms with Gasteiger partial charge in [0.1, 0.15) is 11.6 Å². The van der Waals surface area contributed by atoms with E-state index >= 15 is 0 Å². The Hall–Kier alpha value is -3.38. The number of aryl methyl sites for hydroxylation is 1. The third-order valence-corrected chi connectivity index (χ3v) is 4.24. The smallest absolute Gasteiger partial charge is 0.262 e. The lowest BCUT2D eigenvalue weighted by molar-refractivity contribution is -0.118. The number of nitrogens with one attached hydrogen (secondary N) is 2. The average molecular weight is 413 g/mol. The number of anilines is 2. The number of benzene rings is 3. The fourth-order valence-electron chi connectivity index (χ4n) is 2.59. The number of carbonyl (C=O) groups excluding carboxylic acids is 2. The first-order chi connectivity index (χ1) is 13.9. The van der Waals surface area contributed by atoms with E-state index in [1.165, 1.54) is 24.3 Å². The Morgan fingerprint density at radius 2 is 1.72 bits per heavy atom. The highest BCUT2D eigenvalue weighted by molar-refractivity contribution is 6.30. The van der Waals surface area contributed by atoms with Crippen molar-refractivity contribution < 1.29 is 18.7 Å². The van der Waals surface area contributed by atoms with E-state index in [4.69, 9.17) is 16.3 Å². The molecule has 0 aliphatic rings. The molecule has 2 amide bonds. The van der Waals surface area contributed by atoms with Crippen molar-refractivity contribution in [2.24, 2.45) is 0 Å². The van der Waals surface area contributed by atoms with Crippen LogP contribution in [0.4, 0.5) is 15.8 Å². The number of amides is 2. The molecule has 0 spiro atoms. The summed E-state index contributed by atoms with van der Waals surface area (Å²) >= 11 is 5.90. The molecule has 0 bridgehead atoms. The van der Waals surface area contributed by atoms with Gasteiger partial charge in [-0.3, -0.25) is 9.59 Å². The first kappa shape index (κ1) is 20.4. The van der Waals surface area contributed by atoms with Gasteiger partial charge in [0.05, 0.1) is 0 Å². The van der Waals surface area contributed by atoms with Crippen LogP contribution in [0.15, 0.2) is 66.7 Å². The van der Waals surface area contributed by atoms with Crippen LogP contribution >= 0.6 is 11.6 Å². The minimum absolute atomic E-state index is 0.186. The van der Waals surface area contributed by atoms with Crippen molar-refractivity contribution in [1.82, 2.24) is 0 Å². The third-order valence-electron chi connectivity index (χ3n) is 4.01. The van der Waals surface area contributed by atoms with Crippen molar-refractivity contribution in [2.75, 3.05) is 17.2 Å². The molecule has 0 heterocycles. The predicted octanol–water partition coefficient (Wildman–Crippen LogP) is 5.06. The van der Waals surface area contributed by atoms with Crippen LogP contribution in [0.1, 0.15) is 15.9 Å². The molecule has 2 N–H and O–H groups in total. The SMILES string of the molecule is Cc1cc(Cl)ccc1OCC(=O)Nc1cccc(C(=O)Nc2ccc(F)cc2)c1. The van der Waals surface area contributed by atoms with Crippen molar-refractivity contribution in [2.45, 2.75) is 6.92 Å². The van der Waals surface area contributed by atoms with Gasteiger partial charge < -0.3 is 15.4 Å². The van der Waals surface area contributed by atoms with E-state index in [9.17, 15) is 14.0 Å². The van der Waals surface area contributed by atoms with E-state index < -0.39 is 0 Å². The van der Waals surface area contributed by atoms with E-state index in [0.29, 0.717) is 27.7 Å². The van der Waals surface area contributed by atoms with Crippen LogP contribution in [0.25, 0.3) is 0 Å². The molecule has 7 heteroatoms. The highest BCUT2D eigenvalue weighted by Crippen LogP contribution is 2.22. The van der Waals surface area contributed by atoms with Gasteiger partial charge in [0.15, 0.2) is 6.61 Å². The number of hydrogen-bond acceptors (Lipinski definition) is 3. The molecule has 0 atom stereocenters. The molecular formula is C22H18ClFN2O3. The fraction of sp³-hybridized carbons (Fsp3) is 0.0909. The molecule has 0 aliphatic heterocycles. The summed E-state index contributed by atoms with van der Waals surface area (Å²) in [6.07, 6.45) is 0. The predicted molar refractivity (Wildman–Crippen MR) is 111 cm³/mol. The maximum Gasteiger partial charge on any atom is 0.262 e. The summed E-state index contributed by atoms with van der Waals surface area (Å²) in [5.41, 5.74) is 2.10. The largest absolute Gasteiger partial charge is 0.483 e. The first-order valence-electron chi connectivity index (χ1n) is 8.76. The Kier molecular flexibility index (Phi) is 6.46. The molecule has 3 aromatic rings. The van der Waals surface area contributed by atoms with Gasteiger partial charge in [-0.15, -0.1) is 0 Å². The van der Waals surface area contributed by atoms with Gasteiger partial charge in [-0.25, -0.2) is 4.39 Å². The summed E-state index contributed by atoms with van der Waals surface area (Å²) in [4.78, 5) is 24.5. The van der Waals surface area contributed by atoms with Crippen molar-refractivity contribution in [1.29, 1.82) is 0 Å². The van der Waals surface area contributed by atoms with Crippen molar-refractivity contribution >= 4 is 34.8 Å². The fourth-order valence-corrected chi connectivity index (χ4v) is 2.82. The molecule has 29 heavy (non-hydrogen) atoms. The van der Waals surface area contributed by atoms with E-state index in [-0.39, 0.29) is 24.2 Å². The van der Waals surface area contributed by atoms with Crippen molar-refractivity contribution in [3.63, 3.8) is 0 Å². The van der Waals surface area contributed by atoms with Gasteiger partial charge in [-0.1, -0.05) is 17.7 Å². The second-order valence-corrected chi connectivity index (χ2v) is 6.72. The van der Waals surface area contributed by atoms with Crippen LogP contribution < -0.4 is 15.4 Å². The van der Waals surface area contributed by atoms with Crippen LogP contribution in [0.5, 0.6) is 5.75 Å². The second-order valence-electron chi connectivity index (χ2n) is 6.29. The summed E-state index contributed by atoms with van der Waals surface area (Å²) in [7, 11) is 0. The van der Waals surface area contributed by atoms with Crippen LogP contribution in [-0.4, -0.2) is 18.4 Å². The van der Waals surface area contributed by atoms with Gasteiger partial charge in [0.2, 0.25) is 0 Å². The molecule has 0 aromatic heterocycles. The van der Waals surface area contributed by atoms with Gasteiger partial charge >= 0.3 is 0 Å². The lowest BCUT2D eigenvalue weighted by Gasteiger charge is -2.11. The molecule has 148 valence electrons. The van der Waals surface area contributed by atoms with Gasteiger partial charge in [0.25, 0.3) is 11.8 Å². The molecular weight excluding hydrogens is 395 g/mol. The molecule has 0 unspecified atom stereocenters. The van der Waals surface area contributed by atoms with Gasteiger partial charge in [0, 0.05) is 22.0 Å². The minimum Gasteiger partial charge on any atom is -0.483 e. The number of carbonyl (C=O) groups is 2. The van der Waals surface area contributed by atoms with Gasteiger partial charge in [-0.2, -0.15) is 0 Å². The Labute approximate surface area is 172 Å². The van der Waals surface area contributed by atoms with Crippen molar-refractivity contribution in [3.05, 3.63) is 88.7 Å². The molecule has 5 nitrogen and oxygen atoms in total. The number of rotatable bonds is 6. The molecule has 3 rings (SSSR count). The molecule has 0 aliphatic carbocycles. The zero-order valence-corrected chi connectivity index (χ0v) is 16.3. The van der Waals surface area contributed by atoms with E-state index in [1.807, 2.05) is 6.92 Å². The molecule has 0 fully saturated rings. The van der Waals surface area contributed by atoms with E-state index in [1.54, 1.807) is 42.5 Å². The summed E-state index contributed by atoms with van der Waals surface area (Å²) < 4.78 is 18.5. The third kappa shape index (κ3) is 5.80. The Bertz CT molecular complexity index is 1040. The average Bonchev–Trinajstić information content (AvgIpc) is 2.69. The minimum atomic E-state index is -0.385. The Balaban J connectivity index is 1.59. The zero-order valence-electron chi connectivity index (χ0n) is 15.5. The summed E-state index contributed by atoms with van der Waals surface area (Å²) in [6.45, 7) is 1.65. The quantitative estimate of drug-likeness (QED) is 0.594. The van der Waals surface area contributed by atoms with Crippen LogP contribution in [0, 0.1) is 12.7 Å². The monoisotopic (exact) mass is 412 g/mol. The first-order valence-corrected chi connectivity index (χ1v) is 9.14. The molecule has 0 radical (unpaired) electrons. The lowest BCUT2D eigenvalue weighted by Crippen LogP contribution is -2.21. The maximum atomic E-state index is 13.0. The normalized spacial score (nSPS) is 10.3. The summed E-state index contributed by atoms with van der Waals surface area (Å²) in [5, 5.41) is 5.95. The number of ether oxygens (including phenoxy) is 1. The van der Waals surface area contributed by atoms with E-state index in [0.717, 1.165) is 5.56 Å². The number of halogens is 2. The standard InChI is InChI=1S/C22H18ClFN2O3/c1-14-11-16(23)5-10-20(14)29-13-21(27)25-19-4-2-3-15(12-19)22(28)26-18-8-6-17(24)7-9-18/h2-12H,13H2,1H3,(H,25,27)(H,26,28). The van der Waals surface area contributed by atoms with Crippen LogP contribution in [-0.2, 0) is 4.79 Å². The maximum absolute atomic E-state index is 13.0. The molecule has 0 saturated carbocycles. The molecule has 0 saturated heterocycles. The zero-order chi connectivity index (χ0) is 20.8. The Morgan fingerprint density at radius 3 is 2.45 bits per heavy atom. The highest BCUT2D eigenvalue weighted by atomic mass is 35.5. The summed E-state index contributed by atoms with van der Waals surface area (Å²) in [6, 6.07) is 17.1. The van der Waals surface area contributed by atoms with Crippen molar-refractivity contribution in [3.8, 4) is 5.75 Å². The van der Waals surface area contributed by atoms with Gasteiger partial charge in [-0.05, 0) is 73.2 Å². The second kappa shape index (κ2) is 9.21. The van der Waals surface area contributed by atoms with Crippen LogP contribution in [0.3, 0.4) is 0 Å². The highest BCUT2D eigenvalue weighted by Gasteiger charge is 2.10. The van der Waals surface area contributed by atoms with Crippen LogP contribution in [0.2, 0.25) is 5.02 Å². The lowest BCUT2D eigenvalue weighted by atomic mass is 10.2. The Morgan fingerprint density at radius 1 is 0.966 bits per heavy atom. The topological polar surface area (TPSA) is 67.4 Å².